The molecule has 4 unspecified atom stereocenters. The summed E-state index contributed by atoms with van der Waals surface area (Å²) in [5.41, 5.74) is 1.74. The van der Waals surface area contributed by atoms with E-state index in [1.165, 1.54) is 19.3 Å². The van der Waals surface area contributed by atoms with Crippen molar-refractivity contribution in [3.63, 3.8) is 0 Å². The normalized spacial score (nSPS) is 23.4. The molecule has 1 fully saturated rings. The quantitative estimate of drug-likeness (QED) is 0.679. The Bertz CT molecular complexity index is 527. The van der Waals surface area contributed by atoms with Gasteiger partial charge in [-0.2, -0.15) is 0 Å². The molecule has 22 heavy (non-hydrogen) atoms. The molecule has 116 valence electrons. The molecule has 0 saturated heterocycles. The van der Waals surface area contributed by atoms with E-state index in [9.17, 15) is 0 Å². The first-order valence-electron chi connectivity index (χ1n) is 8.38. The maximum Gasteiger partial charge on any atom is -0.00946 e. The minimum Gasteiger partial charge on any atom is -0.122 e. The molecule has 0 heterocycles. The molecule has 1 saturated carbocycles. The molecule has 0 aromatic heterocycles. The first-order valence-corrected chi connectivity index (χ1v) is 11.4. The van der Waals surface area contributed by atoms with Crippen molar-refractivity contribution in [3.05, 3.63) is 60.7 Å². The fraction of sp³-hybridized carbons (Fsp3) is 0.400. The lowest BCUT2D eigenvalue weighted by Crippen LogP contribution is -2.28. The lowest BCUT2D eigenvalue weighted by atomic mass is 10.0. The molecule has 0 bridgehead atoms. The summed E-state index contributed by atoms with van der Waals surface area (Å²) in [6.45, 7) is 4.86. The second kappa shape index (κ2) is 7.72. The van der Waals surface area contributed by atoms with Gasteiger partial charge in [0.2, 0.25) is 0 Å². The topological polar surface area (TPSA) is 0 Å². The van der Waals surface area contributed by atoms with Gasteiger partial charge in [0.15, 0.2) is 0 Å². The molecular formula is C20H26P2. The Morgan fingerprint density at radius 2 is 1.45 bits per heavy atom. The fourth-order valence-corrected chi connectivity index (χ4v) is 8.07. The molecule has 1 aliphatic carbocycles. The highest BCUT2D eigenvalue weighted by Gasteiger charge is 2.37. The molecule has 0 aliphatic heterocycles. The smallest absolute Gasteiger partial charge is 0.00946 e. The molecule has 3 rings (SSSR count). The molecule has 4 atom stereocenters. The zero-order valence-electron chi connectivity index (χ0n) is 13.6. The van der Waals surface area contributed by atoms with Crippen LogP contribution in [0.1, 0.15) is 26.2 Å². The van der Waals surface area contributed by atoms with E-state index in [2.05, 4.69) is 74.3 Å². The van der Waals surface area contributed by atoms with Crippen LogP contribution in [0.4, 0.5) is 0 Å². The van der Waals surface area contributed by atoms with Crippen LogP contribution in [0.5, 0.6) is 0 Å². The Hall–Kier alpha value is -0.700. The monoisotopic (exact) mass is 328 g/mol. The van der Waals surface area contributed by atoms with Gasteiger partial charge in [-0.05, 0) is 55.3 Å². The zero-order chi connectivity index (χ0) is 15.4. The van der Waals surface area contributed by atoms with E-state index < -0.39 is 0 Å². The third kappa shape index (κ3) is 3.45. The Morgan fingerprint density at radius 1 is 0.909 bits per heavy atom. The average molecular weight is 328 g/mol. The SMILES string of the molecule is CPC(C)C1CCCC1P(c1ccccc1)c1ccccc1. The van der Waals surface area contributed by atoms with Crippen LogP contribution in [-0.4, -0.2) is 18.0 Å². The molecule has 1 aliphatic rings. The maximum absolute atomic E-state index is 2.48. The summed E-state index contributed by atoms with van der Waals surface area (Å²) in [5, 5.41) is 3.12. The minimum atomic E-state index is -0.225. The van der Waals surface area contributed by atoms with E-state index in [4.69, 9.17) is 0 Å². The van der Waals surface area contributed by atoms with Gasteiger partial charge in [0.25, 0.3) is 0 Å². The summed E-state index contributed by atoms with van der Waals surface area (Å²) in [4.78, 5) is 0. The van der Waals surface area contributed by atoms with E-state index in [-0.39, 0.29) is 7.92 Å². The molecule has 2 heteroatoms. The Morgan fingerprint density at radius 3 is 1.95 bits per heavy atom. The largest absolute Gasteiger partial charge is 0.122 e. The third-order valence-corrected chi connectivity index (χ3v) is 9.38. The highest BCUT2D eigenvalue weighted by molar-refractivity contribution is 7.73. The minimum absolute atomic E-state index is 0.225. The molecule has 0 nitrogen and oxygen atoms in total. The van der Waals surface area contributed by atoms with Crippen LogP contribution in [0.3, 0.4) is 0 Å². The molecule has 0 spiro atoms. The first-order chi connectivity index (χ1) is 10.8. The Balaban J connectivity index is 1.99. The van der Waals surface area contributed by atoms with E-state index in [0.29, 0.717) is 0 Å². The number of rotatable bonds is 5. The fourth-order valence-electron chi connectivity index (χ4n) is 3.80. The van der Waals surface area contributed by atoms with Crippen molar-refractivity contribution in [1.29, 1.82) is 0 Å². The maximum atomic E-state index is 2.48. The van der Waals surface area contributed by atoms with Crippen LogP contribution in [0.15, 0.2) is 60.7 Å². The Kier molecular flexibility index (Phi) is 5.67. The van der Waals surface area contributed by atoms with Crippen LogP contribution in [-0.2, 0) is 0 Å². The summed E-state index contributed by atoms with van der Waals surface area (Å²) in [6, 6.07) is 22.5. The van der Waals surface area contributed by atoms with Gasteiger partial charge in [-0.3, -0.25) is 0 Å². The summed E-state index contributed by atoms with van der Waals surface area (Å²) in [7, 11) is 0.845. The zero-order valence-corrected chi connectivity index (χ0v) is 15.5. The van der Waals surface area contributed by atoms with Crippen molar-refractivity contribution >= 4 is 27.1 Å². The highest BCUT2D eigenvalue weighted by Crippen LogP contribution is 2.52. The van der Waals surface area contributed by atoms with Gasteiger partial charge in [-0.25, -0.2) is 0 Å². The summed E-state index contributed by atoms with van der Waals surface area (Å²) >= 11 is 0. The van der Waals surface area contributed by atoms with Gasteiger partial charge >= 0.3 is 0 Å². The number of hydrogen-bond acceptors (Lipinski definition) is 0. The van der Waals surface area contributed by atoms with E-state index in [1.54, 1.807) is 10.6 Å². The van der Waals surface area contributed by atoms with Crippen molar-refractivity contribution in [2.45, 2.75) is 37.5 Å². The molecule has 2 aromatic carbocycles. The van der Waals surface area contributed by atoms with Crippen LogP contribution >= 0.6 is 16.5 Å². The predicted molar refractivity (Wildman–Crippen MR) is 104 cm³/mol. The third-order valence-electron chi connectivity index (χ3n) is 5.03. The van der Waals surface area contributed by atoms with E-state index >= 15 is 0 Å². The molecule has 0 amide bonds. The van der Waals surface area contributed by atoms with Gasteiger partial charge < -0.3 is 0 Å². The standard InChI is InChI=1S/C20H26P2/c1-16(21-2)19-14-9-15-20(19)22(17-10-5-3-6-11-17)18-12-7-4-8-13-18/h3-8,10-13,16,19-21H,9,14-15H2,1-2H3. The lowest BCUT2D eigenvalue weighted by Gasteiger charge is -2.33. The molecule has 2 aromatic rings. The summed E-state index contributed by atoms with van der Waals surface area (Å²) < 4.78 is 0. The first kappa shape index (κ1) is 16.2. The van der Waals surface area contributed by atoms with Crippen molar-refractivity contribution in [2.24, 2.45) is 5.92 Å². The van der Waals surface area contributed by atoms with Crippen LogP contribution in [0.25, 0.3) is 0 Å². The number of benzene rings is 2. The Labute approximate surface area is 138 Å². The van der Waals surface area contributed by atoms with Crippen LogP contribution < -0.4 is 10.6 Å². The molecular weight excluding hydrogens is 302 g/mol. The van der Waals surface area contributed by atoms with Crippen molar-refractivity contribution in [3.8, 4) is 0 Å². The van der Waals surface area contributed by atoms with Crippen LogP contribution in [0, 0.1) is 5.92 Å². The van der Waals surface area contributed by atoms with Crippen molar-refractivity contribution in [1.82, 2.24) is 0 Å². The average Bonchev–Trinajstić information content (AvgIpc) is 3.06. The summed E-state index contributed by atoms with van der Waals surface area (Å²) in [6.07, 6.45) is 4.27. The van der Waals surface area contributed by atoms with Crippen LogP contribution in [0.2, 0.25) is 0 Å². The van der Waals surface area contributed by atoms with Gasteiger partial charge in [0, 0.05) is 0 Å². The summed E-state index contributed by atoms with van der Waals surface area (Å²) in [5.74, 6) is 0.912. The van der Waals surface area contributed by atoms with Gasteiger partial charge in [0.05, 0.1) is 0 Å². The van der Waals surface area contributed by atoms with Crippen molar-refractivity contribution < 1.29 is 0 Å². The van der Waals surface area contributed by atoms with E-state index in [0.717, 1.165) is 25.8 Å². The highest BCUT2D eigenvalue weighted by atomic mass is 31.1. The second-order valence-electron chi connectivity index (χ2n) is 6.28. The van der Waals surface area contributed by atoms with Gasteiger partial charge in [-0.15, -0.1) is 8.58 Å². The van der Waals surface area contributed by atoms with Crippen molar-refractivity contribution in [2.75, 3.05) is 6.66 Å². The predicted octanol–water partition coefficient (Wildman–Crippen LogP) is 4.98. The number of hydrogen-bond donors (Lipinski definition) is 0. The van der Waals surface area contributed by atoms with Gasteiger partial charge in [-0.1, -0.05) is 74.0 Å². The second-order valence-corrected chi connectivity index (χ2v) is 10.2. The lowest BCUT2D eigenvalue weighted by molar-refractivity contribution is 0.550. The molecule has 0 radical (unpaired) electrons. The molecule has 0 N–H and O–H groups in total. The van der Waals surface area contributed by atoms with E-state index in [1.807, 2.05) is 0 Å². The van der Waals surface area contributed by atoms with Gasteiger partial charge in [0.1, 0.15) is 0 Å².